The van der Waals surface area contributed by atoms with Gasteiger partial charge in [-0.2, -0.15) is 0 Å². The number of carbonyl (C=O) groups is 1. The first-order valence-corrected chi connectivity index (χ1v) is 6.83. The van der Waals surface area contributed by atoms with Gasteiger partial charge in [-0.25, -0.2) is 0 Å². The van der Waals surface area contributed by atoms with E-state index in [9.17, 15) is 4.79 Å². The molecule has 1 aliphatic rings. The zero-order valence-electron chi connectivity index (χ0n) is 10.8. The van der Waals surface area contributed by atoms with Crippen LogP contribution < -0.4 is 11.5 Å². The fraction of sp³-hybridized carbons (Fsp3) is 0.500. The number of rotatable bonds is 5. The molecule has 0 spiro atoms. The van der Waals surface area contributed by atoms with Crippen molar-refractivity contribution in [3.8, 4) is 0 Å². The molecule has 5 heteroatoms. The van der Waals surface area contributed by atoms with E-state index in [1.807, 2.05) is 0 Å². The molecule has 0 heterocycles. The number of benzene rings is 1. The van der Waals surface area contributed by atoms with Crippen LogP contribution in [0.1, 0.15) is 41.6 Å². The molecule has 0 unspecified atom stereocenters. The van der Waals surface area contributed by atoms with Crippen molar-refractivity contribution in [2.45, 2.75) is 37.8 Å². The van der Waals surface area contributed by atoms with Crippen LogP contribution >= 0.6 is 11.6 Å². The number of ether oxygens (including phenoxy) is 1. The van der Waals surface area contributed by atoms with E-state index in [2.05, 4.69) is 0 Å². The summed E-state index contributed by atoms with van der Waals surface area (Å²) in [6.07, 6.45) is 4.38. The molecule has 1 aromatic rings. The van der Waals surface area contributed by atoms with Crippen LogP contribution in [0.4, 0.5) is 0 Å². The molecule has 1 saturated carbocycles. The van der Waals surface area contributed by atoms with Crippen LogP contribution in [0.2, 0.25) is 5.02 Å². The maximum Gasteiger partial charge on any atom is 0.248 e. The van der Waals surface area contributed by atoms with Crippen LogP contribution in [0.15, 0.2) is 18.2 Å². The molecule has 0 aliphatic heterocycles. The summed E-state index contributed by atoms with van der Waals surface area (Å²) in [7, 11) is 0. The van der Waals surface area contributed by atoms with Crippen LogP contribution in [-0.2, 0) is 11.3 Å². The number of halogens is 1. The van der Waals surface area contributed by atoms with E-state index in [0.29, 0.717) is 23.8 Å². The normalized spacial score (nSPS) is 17.6. The van der Waals surface area contributed by atoms with Crippen molar-refractivity contribution in [3.63, 3.8) is 0 Å². The van der Waals surface area contributed by atoms with Gasteiger partial charge in [-0.05, 0) is 30.5 Å². The number of amides is 1. The average Bonchev–Trinajstić information content (AvgIpc) is 2.78. The fourth-order valence-electron chi connectivity index (χ4n) is 2.41. The average molecular weight is 283 g/mol. The first-order chi connectivity index (χ1) is 9.00. The van der Waals surface area contributed by atoms with Gasteiger partial charge in [-0.1, -0.05) is 30.5 Å². The molecule has 4 N–H and O–H groups in total. The number of hydrogen-bond donors (Lipinski definition) is 2. The molecule has 0 aromatic heterocycles. The number of hydrogen-bond acceptors (Lipinski definition) is 3. The molecule has 104 valence electrons. The van der Waals surface area contributed by atoms with E-state index >= 15 is 0 Å². The van der Waals surface area contributed by atoms with Crippen molar-refractivity contribution in [1.82, 2.24) is 0 Å². The van der Waals surface area contributed by atoms with Gasteiger partial charge < -0.3 is 16.2 Å². The Bertz CT molecular complexity index is 471. The highest BCUT2D eigenvalue weighted by Gasteiger charge is 2.29. The number of carbonyl (C=O) groups excluding carboxylic acids is 1. The molecule has 0 atom stereocenters. The van der Waals surface area contributed by atoms with Gasteiger partial charge in [0.25, 0.3) is 0 Å². The van der Waals surface area contributed by atoms with Crippen molar-refractivity contribution in [2.75, 3.05) is 6.61 Å². The van der Waals surface area contributed by atoms with Gasteiger partial charge in [0.05, 0.1) is 13.2 Å². The van der Waals surface area contributed by atoms with Gasteiger partial charge in [0, 0.05) is 16.1 Å². The Labute approximate surface area is 118 Å². The standard InChI is InChI=1S/C14H19ClN2O2/c15-12-7-10(13(16)18)3-4-11(12)8-19-9-14(17)5-1-2-6-14/h3-4,7H,1-2,5-6,8-9,17H2,(H2,16,18). The Balaban J connectivity index is 1.91. The third-order valence-corrected chi connectivity index (χ3v) is 3.94. The van der Waals surface area contributed by atoms with Crippen molar-refractivity contribution in [1.29, 1.82) is 0 Å². The number of nitrogens with two attached hydrogens (primary N) is 2. The van der Waals surface area contributed by atoms with E-state index in [4.69, 9.17) is 27.8 Å². The van der Waals surface area contributed by atoms with Crippen molar-refractivity contribution in [3.05, 3.63) is 34.3 Å². The van der Waals surface area contributed by atoms with Gasteiger partial charge in [-0.15, -0.1) is 0 Å². The van der Waals surface area contributed by atoms with Crippen LogP contribution in [0, 0.1) is 0 Å². The van der Waals surface area contributed by atoms with Crippen LogP contribution in [-0.4, -0.2) is 18.1 Å². The quantitative estimate of drug-likeness (QED) is 0.869. The molecule has 1 fully saturated rings. The molecule has 2 rings (SSSR count). The van der Waals surface area contributed by atoms with Gasteiger partial charge >= 0.3 is 0 Å². The summed E-state index contributed by atoms with van der Waals surface area (Å²) in [5.41, 5.74) is 12.5. The highest BCUT2D eigenvalue weighted by molar-refractivity contribution is 6.31. The first kappa shape index (κ1) is 14.3. The van der Waals surface area contributed by atoms with Crippen molar-refractivity contribution in [2.24, 2.45) is 11.5 Å². The SMILES string of the molecule is NC(=O)c1ccc(COCC2(N)CCCC2)c(Cl)c1. The van der Waals surface area contributed by atoms with E-state index in [-0.39, 0.29) is 5.54 Å². The lowest BCUT2D eigenvalue weighted by molar-refractivity contribution is 0.0751. The predicted molar refractivity (Wildman–Crippen MR) is 75.0 cm³/mol. The highest BCUT2D eigenvalue weighted by atomic mass is 35.5. The maximum atomic E-state index is 11.0. The predicted octanol–water partition coefficient (Wildman–Crippen LogP) is 2.23. The maximum absolute atomic E-state index is 11.0. The first-order valence-electron chi connectivity index (χ1n) is 6.45. The van der Waals surface area contributed by atoms with E-state index in [1.165, 1.54) is 12.8 Å². The second-order valence-corrected chi connectivity index (χ2v) is 5.64. The minimum Gasteiger partial charge on any atom is -0.375 e. The lowest BCUT2D eigenvalue weighted by Gasteiger charge is -2.23. The van der Waals surface area contributed by atoms with Crippen LogP contribution in [0.5, 0.6) is 0 Å². The molecule has 19 heavy (non-hydrogen) atoms. The minimum atomic E-state index is -0.485. The largest absolute Gasteiger partial charge is 0.375 e. The topological polar surface area (TPSA) is 78.3 Å². The summed E-state index contributed by atoms with van der Waals surface area (Å²) in [5.74, 6) is -0.485. The van der Waals surface area contributed by atoms with Crippen molar-refractivity contribution >= 4 is 17.5 Å². The Kier molecular flexibility index (Phi) is 4.45. The summed E-state index contributed by atoms with van der Waals surface area (Å²) in [6.45, 7) is 0.942. The third-order valence-electron chi connectivity index (χ3n) is 3.58. The Morgan fingerprint density at radius 3 is 2.63 bits per heavy atom. The molecule has 0 bridgehead atoms. The minimum absolute atomic E-state index is 0.181. The fourth-order valence-corrected chi connectivity index (χ4v) is 2.64. The third kappa shape index (κ3) is 3.69. The molecule has 1 amide bonds. The van der Waals surface area contributed by atoms with E-state index in [0.717, 1.165) is 18.4 Å². The smallest absolute Gasteiger partial charge is 0.248 e. The van der Waals surface area contributed by atoms with E-state index < -0.39 is 5.91 Å². The molecule has 1 aliphatic carbocycles. The molecule has 0 radical (unpaired) electrons. The van der Waals surface area contributed by atoms with Crippen LogP contribution in [0.25, 0.3) is 0 Å². The zero-order chi connectivity index (χ0) is 13.9. The Morgan fingerprint density at radius 1 is 1.37 bits per heavy atom. The molecular formula is C14H19ClN2O2. The zero-order valence-corrected chi connectivity index (χ0v) is 11.6. The Morgan fingerprint density at radius 2 is 2.05 bits per heavy atom. The van der Waals surface area contributed by atoms with Gasteiger partial charge in [-0.3, -0.25) is 4.79 Å². The second-order valence-electron chi connectivity index (χ2n) is 5.23. The van der Waals surface area contributed by atoms with Gasteiger partial charge in [0.15, 0.2) is 0 Å². The summed E-state index contributed by atoms with van der Waals surface area (Å²) in [4.78, 5) is 11.0. The molecular weight excluding hydrogens is 264 g/mol. The van der Waals surface area contributed by atoms with E-state index in [1.54, 1.807) is 18.2 Å². The lowest BCUT2D eigenvalue weighted by Crippen LogP contribution is -2.41. The summed E-state index contributed by atoms with van der Waals surface area (Å²) in [5, 5.41) is 0.494. The Hall–Kier alpha value is -1.10. The van der Waals surface area contributed by atoms with Crippen LogP contribution in [0.3, 0.4) is 0 Å². The molecule has 4 nitrogen and oxygen atoms in total. The summed E-state index contributed by atoms with van der Waals surface area (Å²) >= 11 is 6.08. The highest BCUT2D eigenvalue weighted by Crippen LogP contribution is 2.28. The molecule has 0 saturated heterocycles. The summed E-state index contributed by atoms with van der Waals surface area (Å²) < 4.78 is 5.66. The van der Waals surface area contributed by atoms with Gasteiger partial charge in [0.1, 0.15) is 0 Å². The van der Waals surface area contributed by atoms with Gasteiger partial charge in [0.2, 0.25) is 5.91 Å². The second kappa shape index (κ2) is 5.90. The number of primary amides is 1. The monoisotopic (exact) mass is 282 g/mol. The lowest BCUT2D eigenvalue weighted by atomic mass is 10.0. The summed E-state index contributed by atoms with van der Waals surface area (Å²) in [6, 6.07) is 4.98. The van der Waals surface area contributed by atoms with Crippen molar-refractivity contribution < 1.29 is 9.53 Å². The molecule has 1 aromatic carbocycles.